The number of carbonyl (C=O) groups is 2. The van der Waals surface area contributed by atoms with Gasteiger partial charge in [0.2, 0.25) is 5.91 Å². The fourth-order valence-corrected chi connectivity index (χ4v) is 3.99. The van der Waals surface area contributed by atoms with Gasteiger partial charge in [-0.05, 0) is 73.7 Å². The van der Waals surface area contributed by atoms with Crippen LogP contribution in [0.5, 0.6) is 11.5 Å². The van der Waals surface area contributed by atoms with Crippen LogP contribution in [0.4, 0.5) is 0 Å². The minimum absolute atomic E-state index is 0.00803. The zero-order valence-corrected chi connectivity index (χ0v) is 22.5. The van der Waals surface area contributed by atoms with Crippen molar-refractivity contribution < 1.29 is 19.1 Å². The molecule has 1 N–H and O–H groups in total. The van der Waals surface area contributed by atoms with E-state index in [4.69, 9.17) is 9.47 Å². The van der Waals surface area contributed by atoms with Gasteiger partial charge in [0.05, 0.1) is 7.11 Å². The second kappa shape index (κ2) is 13.5. The number of aryl methyl sites for hydroxylation is 2. The number of ether oxygens (including phenoxy) is 2. The molecule has 3 aromatic carbocycles. The number of amides is 2. The van der Waals surface area contributed by atoms with E-state index in [-0.39, 0.29) is 31.0 Å². The van der Waals surface area contributed by atoms with Crippen LogP contribution in [-0.2, 0) is 22.6 Å². The quantitative estimate of drug-likeness (QED) is 0.368. The molecule has 0 aromatic heterocycles. The van der Waals surface area contributed by atoms with Gasteiger partial charge in [0.15, 0.2) is 6.61 Å². The number of rotatable bonds is 12. The Balaban J connectivity index is 1.93. The summed E-state index contributed by atoms with van der Waals surface area (Å²) in [6, 6.07) is 22.4. The second-order valence-electron chi connectivity index (χ2n) is 9.43. The van der Waals surface area contributed by atoms with Crippen molar-refractivity contribution in [3.05, 3.63) is 95.1 Å². The standard InChI is InChI=1S/C31H38N2O4/c1-6-24(4)32-31(35)29(19-25-11-8-7-9-12-25)33(20-26-13-10-14-27(18-26)36-5)30(34)21-37-28-16-15-22(2)23(3)17-28/h7-18,24,29H,6,19-21H2,1-5H3,(H,32,35)/t24-,29+/m1/s1. The van der Waals surface area contributed by atoms with E-state index in [1.165, 1.54) is 0 Å². The summed E-state index contributed by atoms with van der Waals surface area (Å²) in [7, 11) is 1.61. The molecule has 0 saturated heterocycles. The average molecular weight is 503 g/mol. The first-order chi connectivity index (χ1) is 17.8. The monoisotopic (exact) mass is 502 g/mol. The third-order valence-electron chi connectivity index (χ3n) is 6.60. The highest BCUT2D eigenvalue weighted by atomic mass is 16.5. The van der Waals surface area contributed by atoms with E-state index in [2.05, 4.69) is 5.32 Å². The molecular weight excluding hydrogens is 464 g/mol. The molecule has 3 aromatic rings. The number of hydrogen-bond donors (Lipinski definition) is 1. The van der Waals surface area contributed by atoms with Crippen LogP contribution in [0.15, 0.2) is 72.8 Å². The first-order valence-corrected chi connectivity index (χ1v) is 12.8. The lowest BCUT2D eigenvalue weighted by Crippen LogP contribution is -2.53. The van der Waals surface area contributed by atoms with Crippen molar-refractivity contribution >= 4 is 11.8 Å². The highest BCUT2D eigenvalue weighted by Crippen LogP contribution is 2.20. The molecule has 0 bridgehead atoms. The summed E-state index contributed by atoms with van der Waals surface area (Å²) in [6.45, 7) is 8.10. The highest BCUT2D eigenvalue weighted by Gasteiger charge is 2.31. The summed E-state index contributed by atoms with van der Waals surface area (Å²) in [5.74, 6) is 0.878. The maximum Gasteiger partial charge on any atom is 0.261 e. The molecule has 0 spiro atoms. The summed E-state index contributed by atoms with van der Waals surface area (Å²) >= 11 is 0. The number of benzene rings is 3. The predicted octanol–water partition coefficient (Wildman–Crippen LogP) is 5.25. The van der Waals surface area contributed by atoms with Gasteiger partial charge in [-0.15, -0.1) is 0 Å². The first-order valence-electron chi connectivity index (χ1n) is 12.8. The van der Waals surface area contributed by atoms with Crippen LogP contribution in [0, 0.1) is 13.8 Å². The molecule has 37 heavy (non-hydrogen) atoms. The Morgan fingerprint density at radius 1 is 0.892 bits per heavy atom. The van der Waals surface area contributed by atoms with Gasteiger partial charge < -0.3 is 19.7 Å². The maximum absolute atomic E-state index is 13.7. The molecule has 6 heteroatoms. The number of carbonyl (C=O) groups excluding carboxylic acids is 2. The van der Waals surface area contributed by atoms with Crippen LogP contribution in [0.3, 0.4) is 0 Å². The van der Waals surface area contributed by atoms with Crippen molar-refractivity contribution in [1.82, 2.24) is 10.2 Å². The van der Waals surface area contributed by atoms with Crippen LogP contribution in [0.1, 0.15) is 42.5 Å². The SMILES string of the molecule is CC[C@@H](C)NC(=O)[C@H](Cc1ccccc1)N(Cc1cccc(OC)c1)C(=O)COc1ccc(C)c(C)c1. The van der Waals surface area contributed by atoms with Crippen molar-refractivity contribution in [2.75, 3.05) is 13.7 Å². The zero-order valence-electron chi connectivity index (χ0n) is 22.5. The first kappa shape index (κ1) is 27.8. The fourth-order valence-electron chi connectivity index (χ4n) is 3.99. The van der Waals surface area contributed by atoms with Gasteiger partial charge in [0.25, 0.3) is 5.91 Å². The summed E-state index contributed by atoms with van der Waals surface area (Å²) in [5.41, 5.74) is 4.09. The fraction of sp³-hybridized carbons (Fsp3) is 0.355. The number of nitrogens with zero attached hydrogens (tertiary/aromatic N) is 1. The Morgan fingerprint density at radius 3 is 2.30 bits per heavy atom. The predicted molar refractivity (Wildman–Crippen MR) is 147 cm³/mol. The largest absolute Gasteiger partial charge is 0.497 e. The Morgan fingerprint density at radius 2 is 1.62 bits per heavy atom. The van der Waals surface area contributed by atoms with Crippen LogP contribution >= 0.6 is 0 Å². The van der Waals surface area contributed by atoms with E-state index < -0.39 is 6.04 Å². The van der Waals surface area contributed by atoms with Gasteiger partial charge in [0.1, 0.15) is 17.5 Å². The van der Waals surface area contributed by atoms with Crippen molar-refractivity contribution in [2.24, 2.45) is 0 Å². The van der Waals surface area contributed by atoms with Crippen molar-refractivity contribution in [2.45, 2.75) is 59.2 Å². The number of hydrogen-bond acceptors (Lipinski definition) is 4. The summed E-state index contributed by atoms with van der Waals surface area (Å²) in [5, 5.41) is 3.08. The summed E-state index contributed by atoms with van der Waals surface area (Å²) in [4.78, 5) is 28.9. The van der Waals surface area contributed by atoms with Gasteiger partial charge >= 0.3 is 0 Å². The summed E-state index contributed by atoms with van der Waals surface area (Å²) in [6.07, 6.45) is 1.19. The second-order valence-corrected chi connectivity index (χ2v) is 9.43. The molecule has 2 amide bonds. The minimum Gasteiger partial charge on any atom is -0.497 e. The van der Waals surface area contributed by atoms with Gasteiger partial charge in [-0.2, -0.15) is 0 Å². The molecule has 0 unspecified atom stereocenters. The van der Waals surface area contributed by atoms with Crippen LogP contribution in [0.2, 0.25) is 0 Å². The minimum atomic E-state index is -0.710. The molecule has 0 aliphatic carbocycles. The molecule has 196 valence electrons. The lowest BCUT2D eigenvalue weighted by molar-refractivity contribution is -0.143. The lowest BCUT2D eigenvalue weighted by Gasteiger charge is -2.32. The van der Waals surface area contributed by atoms with E-state index in [1.54, 1.807) is 12.0 Å². The molecule has 2 atom stereocenters. The Kier molecular flexibility index (Phi) is 10.1. The number of nitrogens with one attached hydrogen (secondary N) is 1. The third kappa shape index (κ3) is 8.10. The van der Waals surface area contributed by atoms with E-state index in [0.29, 0.717) is 17.9 Å². The topological polar surface area (TPSA) is 67.9 Å². The number of methoxy groups -OCH3 is 1. The molecule has 3 rings (SSSR count). The normalized spacial score (nSPS) is 12.4. The molecule has 0 fully saturated rings. The van der Waals surface area contributed by atoms with Crippen LogP contribution < -0.4 is 14.8 Å². The maximum atomic E-state index is 13.7. The Hall–Kier alpha value is -3.80. The highest BCUT2D eigenvalue weighted by molar-refractivity contribution is 5.88. The molecular formula is C31H38N2O4. The Bertz CT molecular complexity index is 1180. The van der Waals surface area contributed by atoms with Gasteiger partial charge in [-0.25, -0.2) is 0 Å². The van der Waals surface area contributed by atoms with Gasteiger partial charge in [-0.3, -0.25) is 9.59 Å². The van der Waals surface area contributed by atoms with Crippen molar-refractivity contribution in [3.8, 4) is 11.5 Å². The van der Waals surface area contributed by atoms with E-state index >= 15 is 0 Å². The van der Waals surface area contributed by atoms with E-state index in [9.17, 15) is 9.59 Å². The molecule has 0 aliphatic rings. The summed E-state index contributed by atoms with van der Waals surface area (Å²) < 4.78 is 11.3. The van der Waals surface area contributed by atoms with Crippen molar-refractivity contribution in [1.29, 1.82) is 0 Å². The molecule has 0 saturated carbocycles. The average Bonchev–Trinajstić information content (AvgIpc) is 2.91. The molecule has 0 radical (unpaired) electrons. The van der Waals surface area contributed by atoms with Gasteiger partial charge in [0, 0.05) is 19.0 Å². The van der Waals surface area contributed by atoms with E-state index in [0.717, 1.165) is 28.7 Å². The molecule has 0 heterocycles. The third-order valence-corrected chi connectivity index (χ3v) is 6.60. The van der Waals surface area contributed by atoms with Gasteiger partial charge in [-0.1, -0.05) is 55.5 Å². The Labute approximate surface area is 220 Å². The molecule has 0 aliphatic heterocycles. The zero-order chi connectivity index (χ0) is 26.8. The van der Waals surface area contributed by atoms with Crippen molar-refractivity contribution in [3.63, 3.8) is 0 Å². The smallest absolute Gasteiger partial charge is 0.261 e. The lowest BCUT2D eigenvalue weighted by atomic mass is 10.0. The van der Waals surface area contributed by atoms with Crippen LogP contribution in [-0.4, -0.2) is 42.5 Å². The van der Waals surface area contributed by atoms with Crippen LogP contribution in [0.25, 0.3) is 0 Å². The van der Waals surface area contributed by atoms with E-state index in [1.807, 2.05) is 100 Å². The molecule has 6 nitrogen and oxygen atoms in total.